The summed E-state index contributed by atoms with van der Waals surface area (Å²) < 4.78 is 0.344. The second kappa shape index (κ2) is 10.5. The molecule has 30 heavy (non-hydrogen) atoms. The second-order valence-electron chi connectivity index (χ2n) is 6.10. The molecule has 4 aromatic rings. The average molecular weight is 437 g/mol. The molecule has 0 aliphatic rings. The van der Waals surface area contributed by atoms with E-state index in [0.717, 1.165) is 28.3 Å². The van der Waals surface area contributed by atoms with Crippen molar-refractivity contribution < 1.29 is 0 Å². The minimum atomic E-state index is -0.187. The zero-order valence-corrected chi connectivity index (χ0v) is 17.8. The van der Waals surface area contributed by atoms with Crippen molar-refractivity contribution in [2.75, 3.05) is 5.75 Å². The highest BCUT2D eigenvalue weighted by atomic mass is 32.2. The summed E-state index contributed by atoms with van der Waals surface area (Å²) in [5.74, 6) is 0.890. The molecule has 0 amide bonds. The number of hydrogen-bond donors (Lipinski definition) is 3. The Morgan fingerprint density at radius 3 is 2.03 bits per heavy atom. The molecule has 2 aromatic heterocycles. The van der Waals surface area contributed by atoms with Gasteiger partial charge in [0.2, 0.25) is 0 Å². The Bertz CT molecular complexity index is 1240. The van der Waals surface area contributed by atoms with Crippen molar-refractivity contribution >= 4 is 24.0 Å². The van der Waals surface area contributed by atoms with Crippen LogP contribution in [0.25, 0.3) is 22.5 Å². The summed E-state index contributed by atoms with van der Waals surface area (Å²) in [6.07, 6.45) is 0. The predicted molar refractivity (Wildman–Crippen MR) is 124 cm³/mol. The largest absolute Gasteiger partial charge is 0.332 e. The van der Waals surface area contributed by atoms with E-state index in [-0.39, 0.29) is 11.1 Å². The number of aromatic amines is 3. The summed E-state index contributed by atoms with van der Waals surface area (Å²) in [6, 6.07) is 22.3. The summed E-state index contributed by atoms with van der Waals surface area (Å²) >= 11 is 6.41. The third-order valence-corrected chi connectivity index (χ3v) is 4.88. The quantitative estimate of drug-likeness (QED) is 0.246. The monoisotopic (exact) mass is 436 g/mol. The molecule has 0 fully saturated rings. The van der Waals surface area contributed by atoms with Crippen LogP contribution in [0.1, 0.15) is 6.92 Å². The Hall–Kier alpha value is -3.23. The lowest BCUT2D eigenvalue weighted by atomic mass is 10.1. The van der Waals surface area contributed by atoms with Crippen molar-refractivity contribution in [3.05, 3.63) is 98.3 Å². The third-order valence-electron chi connectivity index (χ3n) is 3.92. The number of nitrogens with one attached hydrogen (secondary N) is 3. The van der Waals surface area contributed by atoms with Crippen molar-refractivity contribution in [1.29, 1.82) is 0 Å². The topological polar surface area (TPSA) is 94.4 Å². The molecule has 8 heteroatoms. The molecular weight excluding hydrogens is 416 g/mol. The van der Waals surface area contributed by atoms with Crippen LogP contribution in [0.2, 0.25) is 0 Å². The van der Waals surface area contributed by atoms with Gasteiger partial charge in [0.1, 0.15) is 0 Å². The van der Waals surface area contributed by atoms with Crippen LogP contribution in [0.4, 0.5) is 0 Å². The lowest BCUT2D eigenvalue weighted by Gasteiger charge is -2.02. The first-order valence-corrected chi connectivity index (χ1v) is 10.6. The maximum absolute atomic E-state index is 11.5. The van der Waals surface area contributed by atoms with Gasteiger partial charge in [0.15, 0.2) is 9.93 Å². The molecule has 6 nitrogen and oxygen atoms in total. The van der Waals surface area contributed by atoms with Gasteiger partial charge in [-0.1, -0.05) is 79.3 Å². The summed E-state index contributed by atoms with van der Waals surface area (Å²) in [5.41, 5.74) is 3.08. The van der Waals surface area contributed by atoms with Crippen LogP contribution in [-0.4, -0.2) is 25.7 Å². The molecule has 0 saturated carbocycles. The van der Waals surface area contributed by atoms with E-state index in [1.165, 1.54) is 23.9 Å². The van der Waals surface area contributed by atoms with Crippen LogP contribution in [0.5, 0.6) is 0 Å². The number of rotatable bonds is 4. The van der Waals surface area contributed by atoms with Crippen LogP contribution < -0.4 is 11.1 Å². The number of thioether (sulfide) groups is 1. The lowest BCUT2D eigenvalue weighted by molar-refractivity contribution is 0.943. The Morgan fingerprint density at radius 1 is 0.833 bits per heavy atom. The van der Waals surface area contributed by atoms with Gasteiger partial charge in [-0.05, 0) is 23.5 Å². The normalized spacial score (nSPS) is 10.2. The van der Waals surface area contributed by atoms with Crippen LogP contribution in [0.3, 0.4) is 0 Å². The molecule has 2 heterocycles. The first-order chi connectivity index (χ1) is 14.5. The second-order valence-corrected chi connectivity index (χ2v) is 7.76. The van der Waals surface area contributed by atoms with Crippen molar-refractivity contribution in [2.45, 2.75) is 12.1 Å². The first-order valence-electron chi connectivity index (χ1n) is 9.24. The maximum atomic E-state index is 11.5. The highest BCUT2D eigenvalue weighted by Crippen LogP contribution is 2.18. The number of hydrogen-bond acceptors (Lipinski definition) is 5. The third kappa shape index (κ3) is 6.13. The highest BCUT2D eigenvalue weighted by Gasteiger charge is 2.03. The van der Waals surface area contributed by atoms with Gasteiger partial charge in [0.05, 0.1) is 11.4 Å². The SMILES string of the molecule is CCSc1nc(-c2ccccc2)cc(=O)[nH]1.O=c1cc(-c2ccccc2)[nH]c(=S)[nH]1. The van der Waals surface area contributed by atoms with Gasteiger partial charge in [-0.3, -0.25) is 14.6 Å². The molecule has 0 saturated heterocycles. The van der Waals surface area contributed by atoms with Gasteiger partial charge in [-0.25, -0.2) is 4.98 Å². The van der Waals surface area contributed by atoms with E-state index in [4.69, 9.17) is 12.2 Å². The van der Waals surface area contributed by atoms with Gasteiger partial charge in [-0.2, -0.15) is 0 Å². The van der Waals surface area contributed by atoms with E-state index in [1.807, 2.05) is 67.6 Å². The molecule has 0 aliphatic heterocycles. The minimum absolute atomic E-state index is 0.107. The molecule has 0 aliphatic carbocycles. The number of H-pyrrole nitrogens is 3. The summed E-state index contributed by atoms with van der Waals surface area (Å²) in [6.45, 7) is 2.03. The maximum Gasteiger partial charge on any atom is 0.252 e. The van der Waals surface area contributed by atoms with E-state index in [2.05, 4.69) is 19.9 Å². The highest BCUT2D eigenvalue weighted by molar-refractivity contribution is 7.99. The average Bonchev–Trinajstić information content (AvgIpc) is 2.75. The Balaban J connectivity index is 0.000000172. The van der Waals surface area contributed by atoms with Crippen molar-refractivity contribution in [2.24, 2.45) is 0 Å². The summed E-state index contributed by atoms with van der Waals surface area (Å²) in [5, 5.41) is 0.675. The number of benzene rings is 2. The number of aromatic nitrogens is 4. The summed E-state index contributed by atoms with van der Waals surface area (Å²) in [7, 11) is 0. The molecule has 152 valence electrons. The first kappa shape index (κ1) is 21.5. The smallest absolute Gasteiger partial charge is 0.252 e. The van der Waals surface area contributed by atoms with E-state index >= 15 is 0 Å². The molecular formula is C22H20N4O2S2. The van der Waals surface area contributed by atoms with Gasteiger partial charge < -0.3 is 9.97 Å². The zero-order valence-electron chi connectivity index (χ0n) is 16.2. The Morgan fingerprint density at radius 2 is 1.43 bits per heavy atom. The van der Waals surface area contributed by atoms with Gasteiger partial charge in [-0.15, -0.1) is 0 Å². The van der Waals surface area contributed by atoms with Gasteiger partial charge in [0.25, 0.3) is 11.1 Å². The lowest BCUT2D eigenvalue weighted by Crippen LogP contribution is -2.08. The molecule has 2 aromatic carbocycles. The zero-order chi connectivity index (χ0) is 21.3. The standard InChI is InChI=1S/C12H12N2OS.C10H8N2OS/c1-2-16-12-13-10(8-11(15)14-12)9-6-4-3-5-7-9;13-9-6-8(11-10(14)12-9)7-4-2-1-3-5-7/h3-8H,2H2,1H3,(H,13,14,15);1-6H,(H2,11,12,13,14). The number of nitrogens with zero attached hydrogens (tertiary/aromatic N) is 1. The van der Waals surface area contributed by atoms with E-state index in [1.54, 1.807) is 0 Å². The Labute approximate surface area is 182 Å². The molecule has 0 spiro atoms. The van der Waals surface area contributed by atoms with Crippen LogP contribution in [0, 0.1) is 4.77 Å². The van der Waals surface area contributed by atoms with Crippen molar-refractivity contribution in [3.63, 3.8) is 0 Å². The van der Waals surface area contributed by atoms with E-state index in [0.29, 0.717) is 9.93 Å². The van der Waals surface area contributed by atoms with E-state index in [9.17, 15) is 9.59 Å². The van der Waals surface area contributed by atoms with Crippen molar-refractivity contribution in [1.82, 2.24) is 19.9 Å². The fraction of sp³-hybridized carbons (Fsp3) is 0.0909. The van der Waals surface area contributed by atoms with Crippen LogP contribution in [0.15, 0.2) is 87.5 Å². The van der Waals surface area contributed by atoms with Crippen LogP contribution >= 0.6 is 24.0 Å². The van der Waals surface area contributed by atoms with Crippen LogP contribution in [-0.2, 0) is 0 Å². The van der Waals surface area contributed by atoms with Crippen molar-refractivity contribution in [3.8, 4) is 22.5 Å². The minimum Gasteiger partial charge on any atom is -0.332 e. The van der Waals surface area contributed by atoms with Gasteiger partial charge in [0, 0.05) is 17.7 Å². The molecule has 0 bridgehead atoms. The molecule has 0 radical (unpaired) electrons. The van der Waals surface area contributed by atoms with Gasteiger partial charge >= 0.3 is 0 Å². The fourth-order valence-electron chi connectivity index (χ4n) is 2.64. The molecule has 3 N–H and O–H groups in total. The molecule has 0 atom stereocenters. The predicted octanol–water partition coefficient (Wildman–Crippen LogP) is 4.65. The fourth-order valence-corrected chi connectivity index (χ4v) is 3.46. The molecule has 0 unspecified atom stereocenters. The molecule has 4 rings (SSSR count). The Kier molecular flexibility index (Phi) is 7.53. The van der Waals surface area contributed by atoms with E-state index < -0.39 is 0 Å². The summed E-state index contributed by atoms with van der Waals surface area (Å²) in [4.78, 5) is 35.1.